The molecule has 0 aromatic carbocycles. The highest BCUT2D eigenvalue weighted by Crippen LogP contribution is 2.18. The van der Waals surface area contributed by atoms with Gasteiger partial charge in [0.2, 0.25) is 0 Å². The highest BCUT2D eigenvalue weighted by molar-refractivity contribution is 4.54. The van der Waals surface area contributed by atoms with Crippen LogP contribution in [0.25, 0.3) is 0 Å². The lowest BCUT2D eigenvalue weighted by Gasteiger charge is -2.05. The summed E-state index contributed by atoms with van der Waals surface area (Å²) in [4.78, 5) is 0. The van der Waals surface area contributed by atoms with Crippen LogP contribution in [-0.4, -0.2) is 0 Å². The minimum atomic E-state index is 1.37. The van der Waals surface area contributed by atoms with Gasteiger partial charge >= 0.3 is 0 Å². The number of unbranched alkanes of at least 4 members (excludes halogenated alkanes) is 49. The first-order valence-electron chi connectivity index (χ1n) is 25.9. The molecule has 0 radical (unpaired) electrons. The maximum absolute atomic E-state index is 2.31. The van der Waals surface area contributed by atoms with Gasteiger partial charge in [0, 0.05) is 0 Å². The summed E-state index contributed by atoms with van der Waals surface area (Å²) in [5.41, 5.74) is 0. The van der Waals surface area contributed by atoms with Crippen molar-refractivity contribution in [3.63, 3.8) is 0 Å². The lowest BCUT2D eigenvalue weighted by molar-refractivity contribution is 0.508. The molecular weight excluding hydrogens is 625 g/mol. The Bertz CT molecular complexity index is 514. The number of hydrogen-bond donors (Lipinski definition) is 0. The molecule has 0 aliphatic heterocycles. The first kappa shape index (κ1) is 52.0. The second-order valence-electron chi connectivity index (χ2n) is 18.0. The molecule has 0 heteroatoms. The van der Waals surface area contributed by atoms with Crippen molar-refractivity contribution in [2.24, 2.45) is 0 Å². The van der Waals surface area contributed by atoms with Crippen LogP contribution in [0.4, 0.5) is 0 Å². The van der Waals surface area contributed by atoms with E-state index in [1.165, 1.54) is 321 Å². The van der Waals surface area contributed by atoms with Crippen LogP contribution in [0.5, 0.6) is 0 Å². The molecule has 0 N–H and O–H groups in total. The van der Waals surface area contributed by atoms with Gasteiger partial charge in [0.15, 0.2) is 0 Å². The van der Waals surface area contributed by atoms with Crippen LogP contribution in [-0.2, 0) is 0 Å². The largest absolute Gasteiger partial charge is 0.0654 e. The van der Waals surface area contributed by atoms with Crippen LogP contribution in [0.3, 0.4) is 0 Å². The van der Waals surface area contributed by atoms with E-state index >= 15 is 0 Å². The van der Waals surface area contributed by atoms with E-state index < -0.39 is 0 Å². The van der Waals surface area contributed by atoms with Crippen LogP contribution < -0.4 is 0 Å². The van der Waals surface area contributed by atoms with Crippen molar-refractivity contribution < 1.29 is 0 Å². The SMILES string of the molecule is CCCCCCCCCCCCCCCCCCCCCCCCCCCCCCCCCCCCCCCCCCCCCCCCCCCC. The molecule has 0 amide bonds. The van der Waals surface area contributed by atoms with Crippen LogP contribution in [0.2, 0.25) is 0 Å². The van der Waals surface area contributed by atoms with Gasteiger partial charge < -0.3 is 0 Å². The second kappa shape index (κ2) is 51.0. The molecule has 0 unspecified atom stereocenters. The van der Waals surface area contributed by atoms with Crippen LogP contribution in [0.1, 0.15) is 335 Å². The van der Waals surface area contributed by atoms with Crippen molar-refractivity contribution in [3.05, 3.63) is 0 Å². The molecule has 0 atom stereocenters. The summed E-state index contributed by atoms with van der Waals surface area (Å²) < 4.78 is 0. The molecule has 0 aromatic rings. The van der Waals surface area contributed by atoms with Gasteiger partial charge in [-0.2, -0.15) is 0 Å². The topological polar surface area (TPSA) is 0 Å². The summed E-state index contributed by atoms with van der Waals surface area (Å²) in [6, 6.07) is 0. The smallest absolute Gasteiger partial charge is 0.0533 e. The molecule has 0 nitrogen and oxygen atoms in total. The second-order valence-corrected chi connectivity index (χ2v) is 18.0. The minimum Gasteiger partial charge on any atom is -0.0654 e. The van der Waals surface area contributed by atoms with E-state index in [4.69, 9.17) is 0 Å². The number of rotatable bonds is 49. The van der Waals surface area contributed by atoms with E-state index in [2.05, 4.69) is 13.8 Å². The Hall–Kier alpha value is 0. The first-order chi connectivity index (χ1) is 25.9. The Kier molecular flexibility index (Phi) is 51.0. The molecule has 0 fully saturated rings. The van der Waals surface area contributed by atoms with E-state index in [-0.39, 0.29) is 0 Å². The van der Waals surface area contributed by atoms with Gasteiger partial charge in [-0.1, -0.05) is 335 Å². The van der Waals surface area contributed by atoms with Crippen LogP contribution in [0, 0.1) is 0 Å². The van der Waals surface area contributed by atoms with Gasteiger partial charge in [-0.05, 0) is 0 Å². The summed E-state index contributed by atoms with van der Waals surface area (Å²) in [5.74, 6) is 0. The Morgan fingerprint density at radius 3 is 0.212 bits per heavy atom. The van der Waals surface area contributed by atoms with E-state index in [1.54, 1.807) is 0 Å². The summed E-state index contributed by atoms with van der Waals surface area (Å²) >= 11 is 0. The summed E-state index contributed by atoms with van der Waals surface area (Å²) in [5, 5.41) is 0. The standard InChI is InChI=1S/C52H106/c1-3-5-7-9-11-13-15-17-19-21-23-25-27-29-31-33-35-37-39-41-43-45-47-49-51-52-50-48-46-44-42-40-38-36-34-32-30-28-26-24-22-20-18-16-14-12-10-8-6-4-2/h3-52H2,1-2H3. The van der Waals surface area contributed by atoms with Gasteiger partial charge in [0.1, 0.15) is 0 Å². The molecule has 314 valence electrons. The van der Waals surface area contributed by atoms with Crippen LogP contribution in [0.15, 0.2) is 0 Å². The first-order valence-corrected chi connectivity index (χ1v) is 25.9. The van der Waals surface area contributed by atoms with Crippen molar-refractivity contribution in [2.45, 2.75) is 335 Å². The summed E-state index contributed by atoms with van der Waals surface area (Å²) in [6.45, 7) is 4.63. The third kappa shape index (κ3) is 50.0. The third-order valence-electron chi connectivity index (χ3n) is 12.5. The molecule has 0 saturated carbocycles. The zero-order chi connectivity index (χ0) is 37.4. The molecule has 0 bridgehead atoms. The Morgan fingerprint density at radius 1 is 0.0962 bits per heavy atom. The van der Waals surface area contributed by atoms with E-state index in [9.17, 15) is 0 Å². The molecular formula is C52H106. The van der Waals surface area contributed by atoms with E-state index in [0.717, 1.165) is 0 Å². The fourth-order valence-corrected chi connectivity index (χ4v) is 8.63. The lowest BCUT2D eigenvalue weighted by atomic mass is 10.0. The zero-order valence-electron chi connectivity index (χ0n) is 37.4. The highest BCUT2D eigenvalue weighted by atomic mass is 14.1. The molecule has 52 heavy (non-hydrogen) atoms. The average Bonchev–Trinajstić information content (AvgIpc) is 3.16. The Balaban J connectivity index is 3.04. The van der Waals surface area contributed by atoms with Gasteiger partial charge in [-0.15, -0.1) is 0 Å². The normalized spacial score (nSPS) is 11.7. The van der Waals surface area contributed by atoms with Crippen LogP contribution >= 0.6 is 0 Å². The predicted octanol–water partition coefficient (Wildman–Crippen LogP) is 20.5. The third-order valence-corrected chi connectivity index (χ3v) is 12.5. The Labute approximate surface area is 333 Å². The quantitative estimate of drug-likeness (QED) is 0.0547. The predicted molar refractivity (Wildman–Crippen MR) is 242 cm³/mol. The number of hydrogen-bond acceptors (Lipinski definition) is 0. The maximum atomic E-state index is 2.31. The molecule has 0 spiro atoms. The van der Waals surface area contributed by atoms with Crippen molar-refractivity contribution in [3.8, 4) is 0 Å². The minimum absolute atomic E-state index is 1.37. The monoisotopic (exact) mass is 731 g/mol. The molecule has 0 heterocycles. The van der Waals surface area contributed by atoms with Crippen molar-refractivity contribution >= 4 is 0 Å². The highest BCUT2D eigenvalue weighted by Gasteiger charge is 1.99. The molecule has 0 aliphatic carbocycles. The maximum Gasteiger partial charge on any atom is -0.0533 e. The molecule has 0 aromatic heterocycles. The lowest BCUT2D eigenvalue weighted by Crippen LogP contribution is -1.85. The van der Waals surface area contributed by atoms with E-state index in [0.29, 0.717) is 0 Å². The van der Waals surface area contributed by atoms with Gasteiger partial charge in [0.25, 0.3) is 0 Å². The summed E-state index contributed by atoms with van der Waals surface area (Å²) in [6.07, 6.45) is 74.4. The fourth-order valence-electron chi connectivity index (χ4n) is 8.63. The van der Waals surface area contributed by atoms with Gasteiger partial charge in [-0.25, -0.2) is 0 Å². The average molecular weight is 731 g/mol. The van der Waals surface area contributed by atoms with Crippen molar-refractivity contribution in [2.75, 3.05) is 0 Å². The summed E-state index contributed by atoms with van der Waals surface area (Å²) in [7, 11) is 0. The zero-order valence-corrected chi connectivity index (χ0v) is 37.4. The van der Waals surface area contributed by atoms with Crippen molar-refractivity contribution in [1.82, 2.24) is 0 Å². The Morgan fingerprint density at radius 2 is 0.154 bits per heavy atom. The van der Waals surface area contributed by atoms with E-state index in [1.807, 2.05) is 0 Å². The van der Waals surface area contributed by atoms with Gasteiger partial charge in [-0.3, -0.25) is 0 Å². The fraction of sp³-hybridized carbons (Fsp3) is 1.00. The van der Waals surface area contributed by atoms with Crippen molar-refractivity contribution in [1.29, 1.82) is 0 Å². The molecule has 0 rings (SSSR count). The molecule has 0 aliphatic rings. The molecule has 0 saturated heterocycles. The van der Waals surface area contributed by atoms with Gasteiger partial charge in [0.05, 0.1) is 0 Å².